The first kappa shape index (κ1) is 33.3. The molecular formula is C34H48N6O6. The highest BCUT2D eigenvalue weighted by Crippen LogP contribution is 2.40. The smallest absolute Gasteiger partial charge is 0.408 e. The standard InChI is InChI=1S/C34H48N6O6/c1-6-27-30(41)39(5)28-21-35-32(38-29(28)40(27)23-11-7-8-12-23)36-22-15-17-24(18-16-22)44-20-19-26(37-33(43)46-34(2,3)4)31(42)45-25-13-9-10-14-25/h15-18,21,23,25-27H,6-14,19-20H2,1-5H3,(H,37,43)(H,35,36,38)/t26?,27-/m1/s1. The van der Waals surface area contributed by atoms with Gasteiger partial charge in [-0.3, -0.25) is 4.79 Å². The van der Waals surface area contributed by atoms with Crippen molar-refractivity contribution in [3.63, 3.8) is 0 Å². The first-order valence-corrected chi connectivity index (χ1v) is 16.6. The lowest BCUT2D eigenvalue weighted by atomic mass is 10.0. The zero-order valence-corrected chi connectivity index (χ0v) is 27.7. The number of carbonyl (C=O) groups is 3. The van der Waals surface area contributed by atoms with Crippen LogP contribution in [-0.4, -0.2) is 71.4 Å². The largest absolute Gasteiger partial charge is 0.493 e. The Kier molecular flexibility index (Phi) is 10.5. The van der Waals surface area contributed by atoms with E-state index in [2.05, 4.69) is 20.5 Å². The molecule has 1 aromatic carbocycles. The SMILES string of the molecule is CC[C@@H]1C(=O)N(C)c2cnc(Nc3ccc(OCCC(NC(=O)OC(C)(C)C)C(=O)OC4CCCC4)cc3)nc2N1C1CCCC1. The molecule has 2 amide bonds. The van der Waals surface area contributed by atoms with Crippen molar-refractivity contribution in [2.24, 2.45) is 0 Å². The number of benzene rings is 1. The molecule has 12 nitrogen and oxygen atoms in total. The van der Waals surface area contributed by atoms with Gasteiger partial charge in [-0.15, -0.1) is 0 Å². The number of fused-ring (bicyclic) bond motifs is 1. The minimum absolute atomic E-state index is 0.0828. The quantitative estimate of drug-likeness (QED) is 0.288. The molecule has 0 radical (unpaired) electrons. The fourth-order valence-corrected chi connectivity index (χ4v) is 6.45. The molecule has 1 unspecified atom stereocenters. The highest BCUT2D eigenvalue weighted by molar-refractivity contribution is 6.04. The summed E-state index contributed by atoms with van der Waals surface area (Å²) in [5, 5.41) is 5.94. The Morgan fingerprint density at radius 2 is 1.72 bits per heavy atom. The molecule has 2 aromatic rings. The van der Waals surface area contributed by atoms with Crippen LogP contribution < -0.4 is 25.2 Å². The molecule has 46 heavy (non-hydrogen) atoms. The van der Waals surface area contributed by atoms with E-state index < -0.39 is 23.7 Å². The average Bonchev–Trinajstić information content (AvgIpc) is 3.73. The van der Waals surface area contributed by atoms with E-state index in [-0.39, 0.29) is 31.1 Å². The van der Waals surface area contributed by atoms with E-state index in [0.29, 0.717) is 24.2 Å². The van der Waals surface area contributed by atoms with Crippen LogP contribution in [0.3, 0.4) is 0 Å². The number of alkyl carbamates (subject to hydrolysis) is 1. The van der Waals surface area contributed by atoms with Crippen molar-refractivity contribution in [1.82, 2.24) is 15.3 Å². The van der Waals surface area contributed by atoms with Crippen LogP contribution in [0.4, 0.5) is 27.9 Å². The first-order valence-electron chi connectivity index (χ1n) is 16.6. The number of nitrogens with zero attached hydrogens (tertiary/aromatic N) is 4. The fraction of sp³-hybridized carbons (Fsp3) is 0.618. The predicted molar refractivity (Wildman–Crippen MR) is 176 cm³/mol. The molecule has 1 aliphatic heterocycles. The van der Waals surface area contributed by atoms with Crippen molar-refractivity contribution >= 4 is 41.1 Å². The van der Waals surface area contributed by atoms with E-state index in [4.69, 9.17) is 19.2 Å². The van der Waals surface area contributed by atoms with Crippen LogP contribution in [0.1, 0.15) is 91.9 Å². The first-order chi connectivity index (χ1) is 22.0. The molecule has 3 aliphatic rings. The minimum atomic E-state index is -0.886. The zero-order valence-electron chi connectivity index (χ0n) is 27.7. The number of hydrogen-bond acceptors (Lipinski definition) is 10. The highest BCUT2D eigenvalue weighted by atomic mass is 16.6. The number of nitrogens with one attached hydrogen (secondary N) is 2. The summed E-state index contributed by atoms with van der Waals surface area (Å²) in [6.45, 7) is 7.54. The van der Waals surface area contributed by atoms with E-state index in [1.165, 1.54) is 0 Å². The molecule has 2 N–H and O–H groups in total. The summed E-state index contributed by atoms with van der Waals surface area (Å²) in [4.78, 5) is 51.8. The fourth-order valence-electron chi connectivity index (χ4n) is 6.45. The van der Waals surface area contributed by atoms with Gasteiger partial charge in [-0.25, -0.2) is 14.6 Å². The normalized spacial score (nSPS) is 19.5. The van der Waals surface area contributed by atoms with Gasteiger partial charge in [-0.2, -0.15) is 4.98 Å². The molecule has 0 bridgehead atoms. The van der Waals surface area contributed by atoms with Crippen molar-refractivity contribution < 1.29 is 28.6 Å². The minimum Gasteiger partial charge on any atom is -0.493 e. The third-order valence-electron chi connectivity index (χ3n) is 8.76. The lowest BCUT2D eigenvalue weighted by Gasteiger charge is -2.43. The molecule has 1 aromatic heterocycles. The second kappa shape index (κ2) is 14.6. The second-order valence-corrected chi connectivity index (χ2v) is 13.4. The van der Waals surface area contributed by atoms with Crippen molar-refractivity contribution in [2.75, 3.05) is 28.8 Å². The molecule has 0 saturated heterocycles. The lowest BCUT2D eigenvalue weighted by molar-refractivity contribution is -0.151. The van der Waals surface area contributed by atoms with Crippen molar-refractivity contribution in [3.8, 4) is 5.75 Å². The van der Waals surface area contributed by atoms with Crippen LogP contribution in [0, 0.1) is 0 Å². The van der Waals surface area contributed by atoms with E-state index in [9.17, 15) is 14.4 Å². The van der Waals surface area contributed by atoms with Gasteiger partial charge in [0.15, 0.2) is 5.82 Å². The summed E-state index contributed by atoms with van der Waals surface area (Å²) >= 11 is 0. The molecule has 12 heteroatoms. The van der Waals surface area contributed by atoms with Crippen LogP contribution in [0.2, 0.25) is 0 Å². The summed E-state index contributed by atoms with van der Waals surface area (Å²) in [7, 11) is 1.79. The third-order valence-corrected chi connectivity index (χ3v) is 8.76. The zero-order chi connectivity index (χ0) is 32.8. The topological polar surface area (TPSA) is 135 Å². The molecular weight excluding hydrogens is 588 g/mol. The van der Waals surface area contributed by atoms with Gasteiger partial charge in [0.05, 0.1) is 12.8 Å². The Morgan fingerprint density at radius 3 is 2.37 bits per heavy atom. The summed E-state index contributed by atoms with van der Waals surface area (Å²) in [6, 6.07) is 6.54. The van der Waals surface area contributed by atoms with Gasteiger partial charge in [-0.1, -0.05) is 19.8 Å². The second-order valence-electron chi connectivity index (χ2n) is 13.4. The van der Waals surface area contributed by atoms with E-state index >= 15 is 0 Å². The maximum absolute atomic E-state index is 13.2. The van der Waals surface area contributed by atoms with Crippen LogP contribution in [0.15, 0.2) is 30.5 Å². The Bertz CT molecular complexity index is 1370. The van der Waals surface area contributed by atoms with Crippen LogP contribution >= 0.6 is 0 Å². The number of ether oxygens (including phenoxy) is 3. The number of anilines is 4. The molecule has 2 atom stereocenters. The number of hydrogen-bond donors (Lipinski definition) is 2. The maximum Gasteiger partial charge on any atom is 0.408 e. The van der Waals surface area contributed by atoms with E-state index in [1.807, 2.05) is 31.2 Å². The number of aromatic nitrogens is 2. The van der Waals surface area contributed by atoms with Gasteiger partial charge in [0.1, 0.15) is 35.2 Å². The van der Waals surface area contributed by atoms with Gasteiger partial charge in [-0.05, 0) is 90.0 Å². The number of rotatable bonds is 11. The highest BCUT2D eigenvalue weighted by Gasteiger charge is 2.41. The Hall–Kier alpha value is -4.09. The van der Waals surface area contributed by atoms with Crippen molar-refractivity contribution in [1.29, 1.82) is 0 Å². The van der Waals surface area contributed by atoms with Gasteiger partial charge < -0.3 is 34.6 Å². The summed E-state index contributed by atoms with van der Waals surface area (Å²) < 4.78 is 17.0. The van der Waals surface area contributed by atoms with Crippen LogP contribution in [0.25, 0.3) is 0 Å². The number of carbonyl (C=O) groups excluding carboxylic acids is 3. The molecule has 2 fully saturated rings. The Labute approximate surface area is 271 Å². The predicted octanol–water partition coefficient (Wildman–Crippen LogP) is 5.87. The molecule has 2 heterocycles. The van der Waals surface area contributed by atoms with Gasteiger partial charge >= 0.3 is 12.1 Å². The number of esters is 1. The van der Waals surface area contributed by atoms with Gasteiger partial charge in [0.2, 0.25) is 11.9 Å². The van der Waals surface area contributed by atoms with Crippen LogP contribution in [-0.2, 0) is 19.1 Å². The van der Waals surface area contributed by atoms with Crippen molar-refractivity contribution in [2.45, 2.75) is 122 Å². The molecule has 2 aliphatic carbocycles. The van der Waals surface area contributed by atoms with Gasteiger partial charge in [0, 0.05) is 25.2 Å². The maximum atomic E-state index is 13.2. The molecule has 0 spiro atoms. The molecule has 5 rings (SSSR count). The lowest BCUT2D eigenvalue weighted by Crippen LogP contribution is -2.55. The Morgan fingerprint density at radius 1 is 1.04 bits per heavy atom. The summed E-state index contributed by atoms with van der Waals surface area (Å²) in [5.74, 6) is 1.46. The van der Waals surface area contributed by atoms with E-state index in [0.717, 1.165) is 68.6 Å². The summed E-state index contributed by atoms with van der Waals surface area (Å²) in [6.07, 6.45) is 10.0. The summed E-state index contributed by atoms with van der Waals surface area (Å²) in [5.41, 5.74) is 0.808. The number of amides is 2. The molecule has 2 saturated carbocycles. The van der Waals surface area contributed by atoms with Crippen LogP contribution in [0.5, 0.6) is 5.75 Å². The monoisotopic (exact) mass is 636 g/mol. The molecule has 250 valence electrons. The average molecular weight is 637 g/mol. The Balaban J connectivity index is 1.21. The van der Waals surface area contributed by atoms with Gasteiger partial charge in [0.25, 0.3) is 0 Å². The number of likely N-dealkylation sites (N-methyl/N-ethyl adjacent to an activating group) is 1. The third kappa shape index (κ3) is 8.19. The van der Waals surface area contributed by atoms with Crippen molar-refractivity contribution in [3.05, 3.63) is 30.5 Å². The van der Waals surface area contributed by atoms with E-state index in [1.54, 1.807) is 38.9 Å².